The highest BCUT2D eigenvalue weighted by molar-refractivity contribution is 7.89. The Bertz CT molecular complexity index is 1080. The number of carbonyl (C=O) groups is 2. The Balaban J connectivity index is 1.62. The highest BCUT2D eigenvalue weighted by atomic mass is 32.2. The minimum Gasteiger partial charge on any atom is -0.452 e. The number of ether oxygens (including phenoxy) is 1. The molecule has 2 heterocycles. The van der Waals surface area contributed by atoms with E-state index in [1.165, 1.54) is 11.2 Å². The molecule has 0 bridgehead atoms. The van der Waals surface area contributed by atoms with Crippen molar-refractivity contribution in [1.82, 2.24) is 14.8 Å². The Morgan fingerprint density at radius 1 is 1.26 bits per heavy atom. The summed E-state index contributed by atoms with van der Waals surface area (Å²) in [7, 11) is -3.85. The SMILES string of the molecule is CCCC(NC(=O)C(C)OC(=O)C1CCCN(S(=O)(=O)c2c(C)noc2C)C1)c1ccccc1. The van der Waals surface area contributed by atoms with Gasteiger partial charge in [0, 0.05) is 13.1 Å². The van der Waals surface area contributed by atoms with E-state index in [9.17, 15) is 18.0 Å². The Hall–Kier alpha value is -2.72. The molecule has 1 amide bonds. The van der Waals surface area contributed by atoms with Crippen molar-refractivity contribution in [3.8, 4) is 0 Å². The van der Waals surface area contributed by atoms with Crippen LogP contribution in [0.25, 0.3) is 0 Å². The van der Waals surface area contributed by atoms with E-state index in [0.717, 1.165) is 18.4 Å². The van der Waals surface area contributed by atoms with E-state index in [-0.39, 0.29) is 34.8 Å². The van der Waals surface area contributed by atoms with Crippen LogP contribution in [-0.4, -0.2) is 48.9 Å². The Labute approximate surface area is 200 Å². The van der Waals surface area contributed by atoms with Crippen LogP contribution in [0.2, 0.25) is 0 Å². The minimum atomic E-state index is -3.85. The maximum Gasteiger partial charge on any atom is 0.311 e. The molecule has 1 fully saturated rings. The number of nitrogens with one attached hydrogen (secondary N) is 1. The average Bonchev–Trinajstić information content (AvgIpc) is 3.17. The van der Waals surface area contributed by atoms with Crippen LogP contribution in [0.5, 0.6) is 0 Å². The molecule has 2 aromatic rings. The number of hydrogen-bond acceptors (Lipinski definition) is 7. The van der Waals surface area contributed by atoms with Gasteiger partial charge in [-0.05, 0) is 45.6 Å². The predicted molar refractivity (Wildman–Crippen MR) is 125 cm³/mol. The highest BCUT2D eigenvalue weighted by Crippen LogP contribution is 2.28. The number of carbonyl (C=O) groups excluding carboxylic acids is 2. The molecule has 0 saturated carbocycles. The zero-order valence-electron chi connectivity index (χ0n) is 20.1. The predicted octanol–water partition coefficient (Wildman–Crippen LogP) is 3.28. The first-order valence-electron chi connectivity index (χ1n) is 11.6. The molecule has 186 valence electrons. The third-order valence-corrected chi connectivity index (χ3v) is 8.15. The van der Waals surface area contributed by atoms with E-state index in [4.69, 9.17) is 9.26 Å². The number of nitrogens with zero attached hydrogens (tertiary/aromatic N) is 2. The third kappa shape index (κ3) is 5.85. The van der Waals surface area contributed by atoms with Crippen molar-refractivity contribution in [1.29, 1.82) is 0 Å². The Morgan fingerprint density at radius 3 is 2.59 bits per heavy atom. The van der Waals surface area contributed by atoms with Crippen molar-refractivity contribution in [3.05, 3.63) is 47.3 Å². The fraction of sp³-hybridized carbons (Fsp3) is 0.542. The summed E-state index contributed by atoms with van der Waals surface area (Å²) in [4.78, 5) is 25.6. The second-order valence-corrected chi connectivity index (χ2v) is 10.6. The lowest BCUT2D eigenvalue weighted by atomic mass is 10.00. The fourth-order valence-electron chi connectivity index (χ4n) is 4.23. The van der Waals surface area contributed by atoms with Crippen LogP contribution in [0.15, 0.2) is 39.8 Å². The standard InChI is InChI=1S/C24H33N3O6S/c1-5-10-21(19-11-7-6-8-12-19)25-23(28)18(4)32-24(29)20-13-9-14-27(15-20)34(30,31)22-16(2)26-33-17(22)3/h6-8,11-12,18,20-21H,5,9-10,13-15H2,1-4H3,(H,25,28). The van der Waals surface area contributed by atoms with Gasteiger partial charge in [0.05, 0.1) is 12.0 Å². The van der Waals surface area contributed by atoms with Gasteiger partial charge >= 0.3 is 5.97 Å². The molecule has 1 aromatic heterocycles. The molecule has 1 aromatic carbocycles. The van der Waals surface area contributed by atoms with Crippen LogP contribution < -0.4 is 5.32 Å². The molecule has 0 radical (unpaired) electrons. The Morgan fingerprint density at radius 2 is 1.97 bits per heavy atom. The van der Waals surface area contributed by atoms with Crippen LogP contribution in [0.1, 0.15) is 62.6 Å². The maximum absolute atomic E-state index is 13.1. The first-order chi connectivity index (χ1) is 16.1. The molecule has 1 saturated heterocycles. The van der Waals surface area contributed by atoms with Crippen LogP contribution in [-0.2, 0) is 24.3 Å². The largest absolute Gasteiger partial charge is 0.452 e. The smallest absolute Gasteiger partial charge is 0.311 e. The summed E-state index contributed by atoms with van der Waals surface area (Å²) in [5.74, 6) is -1.40. The lowest BCUT2D eigenvalue weighted by Crippen LogP contribution is -2.45. The van der Waals surface area contributed by atoms with E-state index in [2.05, 4.69) is 10.5 Å². The lowest BCUT2D eigenvalue weighted by Gasteiger charge is -2.31. The third-order valence-electron chi connectivity index (χ3n) is 6.04. The van der Waals surface area contributed by atoms with E-state index in [0.29, 0.717) is 19.4 Å². The number of benzene rings is 1. The molecule has 3 unspecified atom stereocenters. The monoisotopic (exact) mass is 491 g/mol. The summed E-state index contributed by atoms with van der Waals surface area (Å²) in [5.41, 5.74) is 1.27. The molecule has 0 spiro atoms. The number of sulfonamides is 1. The summed E-state index contributed by atoms with van der Waals surface area (Å²) in [5, 5.41) is 6.70. The number of hydrogen-bond donors (Lipinski definition) is 1. The van der Waals surface area contributed by atoms with E-state index in [1.807, 2.05) is 37.3 Å². The van der Waals surface area contributed by atoms with Gasteiger partial charge in [-0.2, -0.15) is 4.31 Å². The van der Waals surface area contributed by atoms with Crippen LogP contribution in [0.4, 0.5) is 0 Å². The van der Waals surface area contributed by atoms with E-state index >= 15 is 0 Å². The van der Waals surface area contributed by atoms with Crippen molar-refractivity contribution in [2.24, 2.45) is 5.92 Å². The first kappa shape index (κ1) is 25.9. The number of aryl methyl sites for hydroxylation is 2. The molecule has 10 heteroatoms. The minimum absolute atomic E-state index is 0.0119. The topological polar surface area (TPSA) is 119 Å². The van der Waals surface area contributed by atoms with Gasteiger partial charge in [-0.25, -0.2) is 8.42 Å². The number of aromatic nitrogens is 1. The second kappa shape index (κ2) is 11.1. The van der Waals surface area contributed by atoms with Crippen LogP contribution in [0.3, 0.4) is 0 Å². The molecule has 3 rings (SSSR count). The number of amides is 1. The van der Waals surface area contributed by atoms with Crippen molar-refractivity contribution in [3.63, 3.8) is 0 Å². The number of piperidine rings is 1. The number of esters is 1. The molecule has 1 aliphatic rings. The molecule has 1 aliphatic heterocycles. The zero-order chi connectivity index (χ0) is 24.9. The summed E-state index contributed by atoms with van der Waals surface area (Å²) in [6.45, 7) is 6.97. The van der Waals surface area contributed by atoms with E-state index < -0.39 is 28.0 Å². The summed E-state index contributed by atoms with van der Waals surface area (Å²) in [6.07, 6.45) is 1.64. The van der Waals surface area contributed by atoms with Gasteiger partial charge in [0.15, 0.2) is 11.9 Å². The van der Waals surface area contributed by atoms with Gasteiger partial charge in [-0.1, -0.05) is 48.8 Å². The van der Waals surface area contributed by atoms with Gasteiger partial charge in [0.1, 0.15) is 10.6 Å². The average molecular weight is 492 g/mol. The normalized spacial score (nSPS) is 18.8. The van der Waals surface area contributed by atoms with Gasteiger partial charge in [0.25, 0.3) is 5.91 Å². The molecule has 3 atom stereocenters. The molecular formula is C24H33N3O6S. The quantitative estimate of drug-likeness (QED) is 0.535. The second-order valence-electron chi connectivity index (χ2n) is 8.70. The fourth-order valence-corrected chi connectivity index (χ4v) is 6.05. The van der Waals surface area contributed by atoms with Crippen molar-refractivity contribution in [2.45, 2.75) is 70.4 Å². The van der Waals surface area contributed by atoms with Crippen molar-refractivity contribution in [2.75, 3.05) is 13.1 Å². The van der Waals surface area contributed by atoms with Crippen molar-refractivity contribution >= 4 is 21.9 Å². The molecule has 34 heavy (non-hydrogen) atoms. The number of rotatable bonds is 9. The summed E-state index contributed by atoms with van der Waals surface area (Å²) < 4.78 is 38.0. The lowest BCUT2D eigenvalue weighted by molar-refractivity contribution is -0.160. The van der Waals surface area contributed by atoms with Gasteiger partial charge < -0.3 is 14.6 Å². The summed E-state index contributed by atoms with van der Waals surface area (Å²) in [6, 6.07) is 9.47. The van der Waals surface area contributed by atoms with Crippen LogP contribution >= 0.6 is 0 Å². The molecule has 9 nitrogen and oxygen atoms in total. The Kier molecular flexibility index (Phi) is 8.48. The van der Waals surface area contributed by atoms with Gasteiger partial charge in [-0.15, -0.1) is 0 Å². The zero-order valence-corrected chi connectivity index (χ0v) is 20.9. The van der Waals surface area contributed by atoms with Gasteiger partial charge in [-0.3, -0.25) is 9.59 Å². The van der Waals surface area contributed by atoms with Gasteiger partial charge in [0.2, 0.25) is 10.0 Å². The van der Waals surface area contributed by atoms with Crippen molar-refractivity contribution < 1.29 is 27.3 Å². The maximum atomic E-state index is 13.1. The van der Waals surface area contributed by atoms with Crippen LogP contribution in [0, 0.1) is 19.8 Å². The molecular weight excluding hydrogens is 458 g/mol. The molecule has 0 aliphatic carbocycles. The first-order valence-corrected chi connectivity index (χ1v) is 13.1. The molecule has 1 N–H and O–H groups in total. The van der Waals surface area contributed by atoms with E-state index in [1.54, 1.807) is 13.8 Å². The summed E-state index contributed by atoms with van der Waals surface area (Å²) >= 11 is 0. The highest BCUT2D eigenvalue weighted by Gasteiger charge is 2.37.